The van der Waals surface area contributed by atoms with Gasteiger partial charge in [-0.25, -0.2) is 0 Å². The van der Waals surface area contributed by atoms with Crippen molar-refractivity contribution in [1.29, 1.82) is 0 Å². The van der Waals surface area contributed by atoms with Crippen LogP contribution >= 0.6 is 0 Å². The summed E-state index contributed by atoms with van der Waals surface area (Å²) in [5.41, 5.74) is -0.642. The summed E-state index contributed by atoms with van der Waals surface area (Å²) in [4.78, 5) is 0. The summed E-state index contributed by atoms with van der Waals surface area (Å²) in [6.07, 6.45) is 0.909. The fourth-order valence-corrected chi connectivity index (χ4v) is 1.27. The summed E-state index contributed by atoms with van der Waals surface area (Å²) in [5, 5.41) is 0. The first-order valence-electron chi connectivity index (χ1n) is 5.54. The standard InChI is InChI=1S/C11H15BF3O2.K/c1-2-6-16-7-8-17-11-5-3-4-10(9-11)12(13,14)15;/h3-5,9H,2,6-8H2,1H3;/q-1;+1. The van der Waals surface area contributed by atoms with Crippen molar-refractivity contribution in [3.8, 4) is 5.75 Å². The largest absolute Gasteiger partial charge is 1.00 e. The third-order valence-corrected chi connectivity index (χ3v) is 2.08. The minimum Gasteiger partial charge on any atom is -0.491 e. The van der Waals surface area contributed by atoms with Gasteiger partial charge in [-0.15, -0.1) is 5.46 Å². The Kier molecular flexibility index (Phi) is 9.63. The summed E-state index contributed by atoms with van der Waals surface area (Å²) in [6, 6.07) is 4.90. The van der Waals surface area contributed by atoms with Crippen molar-refractivity contribution in [2.24, 2.45) is 0 Å². The molecule has 18 heavy (non-hydrogen) atoms. The van der Waals surface area contributed by atoms with Crippen molar-refractivity contribution in [3.05, 3.63) is 24.3 Å². The van der Waals surface area contributed by atoms with E-state index in [1.165, 1.54) is 12.1 Å². The number of halogens is 3. The molecule has 0 unspecified atom stereocenters. The van der Waals surface area contributed by atoms with Crippen molar-refractivity contribution >= 4 is 12.4 Å². The van der Waals surface area contributed by atoms with E-state index in [0.717, 1.165) is 18.6 Å². The zero-order valence-electron chi connectivity index (χ0n) is 10.7. The maximum absolute atomic E-state index is 12.4. The monoisotopic (exact) mass is 286 g/mol. The molecule has 0 radical (unpaired) electrons. The first-order valence-corrected chi connectivity index (χ1v) is 5.54. The van der Waals surface area contributed by atoms with Gasteiger partial charge in [-0.1, -0.05) is 19.1 Å². The van der Waals surface area contributed by atoms with Gasteiger partial charge in [0.25, 0.3) is 0 Å². The summed E-state index contributed by atoms with van der Waals surface area (Å²) < 4.78 is 47.6. The van der Waals surface area contributed by atoms with Gasteiger partial charge in [0, 0.05) is 6.61 Å². The zero-order chi connectivity index (χ0) is 12.7. The maximum Gasteiger partial charge on any atom is 1.00 e. The average Bonchev–Trinajstić information content (AvgIpc) is 2.28. The van der Waals surface area contributed by atoms with Gasteiger partial charge >= 0.3 is 58.4 Å². The zero-order valence-corrected chi connectivity index (χ0v) is 13.8. The van der Waals surface area contributed by atoms with E-state index in [4.69, 9.17) is 9.47 Å². The van der Waals surface area contributed by atoms with Crippen LogP contribution in [0, 0.1) is 0 Å². The van der Waals surface area contributed by atoms with Gasteiger partial charge in [0.2, 0.25) is 0 Å². The van der Waals surface area contributed by atoms with Crippen molar-refractivity contribution in [3.63, 3.8) is 0 Å². The normalized spacial score (nSPS) is 10.9. The van der Waals surface area contributed by atoms with Crippen LogP contribution in [0.4, 0.5) is 12.9 Å². The van der Waals surface area contributed by atoms with Crippen molar-refractivity contribution in [1.82, 2.24) is 0 Å². The van der Waals surface area contributed by atoms with E-state index in [-0.39, 0.29) is 63.7 Å². The molecule has 0 heterocycles. The summed E-state index contributed by atoms with van der Waals surface area (Å²) >= 11 is 0. The molecular weight excluding hydrogens is 271 g/mol. The van der Waals surface area contributed by atoms with E-state index >= 15 is 0 Å². The molecule has 1 aromatic carbocycles. The molecule has 0 saturated heterocycles. The topological polar surface area (TPSA) is 18.5 Å². The Morgan fingerprint density at radius 2 is 1.83 bits per heavy atom. The molecule has 0 aromatic heterocycles. The molecule has 0 bridgehead atoms. The van der Waals surface area contributed by atoms with Crippen LogP contribution in [0.5, 0.6) is 5.75 Å². The van der Waals surface area contributed by atoms with Gasteiger partial charge < -0.3 is 22.4 Å². The Balaban J connectivity index is 0.00000289. The van der Waals surface area contributed by atoms with Crippen LogP contribution < -0.4 is 61.6 Å². The second kappa shape index (κ2) is 9.39. The summed E-state index contributed by atoms with van der Waals surface area (Å²) in [6.45, 7) is -1.71. The summed E-state index contributed by atoms with van der Waals surface area (Å²) in [5.74, 6) is 0.224. The second-order valence-electron chi connectivity index (χ2n) is 3.61. The van der Waals surface area contributed by atoms with Crippen molar-refractivity contribution in [2.75, 3.05) is 19.8 Å². The van der Waals surface area contributed by atoms with Gasteiger partial charge in [0.1, 0.15) is 12.4 Å². The molecule has 0 aliphatic rings. The minimum atomic E-state index is -4.97. The first-order chi connectivity index (χ1) is 8.04. The molecule has 2 nitrogen and oxygen atoms in total. The van der Waals surface area contributed by atoms with E-state index in [0.29, 0.717) is 13.2 Å². The third kappa shape index (κ3) is 7.16. The Morgan fingerprint density at radius 1 is 1.11 bits per heavy atom. The predicted octanol–water partition coefficient (Wildman–Crippen LogP) is -0.450. The van der Waals surface area contributed by atoms with Gasteiger partial charge in [-0.2, -0.15) is 0 Å². The molecule has 1 aromatic rings. The van der Waals surface area contributed by atoms with Crippen LogP contribution in [-0.4, -0.2) is 26.8 Å². The van der Waals surface area contributed by atoms with Crippen molar-refractivity contribution in [2.45, 2.75) is 13.3 Å². The van der Waals surface area contributed by atoms with Crippen LogP contribution in [0.1, 0.15) is 13.3 Å². The van der Waals surface area contributed by atoms with E-state index in [1.54, 1.807) is 0 Å². The Hall–Kier alpha value is 0.471. The van der Waals surface area contributed by atoms with Gasteiger partial charge in [-0.05, 0) is 18.6 Å². The molecule has 0 fully saturated rings. The molecular formula is C11H15BF3KO2. The fraction of sp³-hybridized carbons (Fsp3) is 0.455. The number of hydrogen-bond donors (Lipinski definition) is 0. The fourth-order valence-electron chi connectivity index (χ4n) is 1.27. The first kappa shape index (κ1) is 18.5. The smallest absolute Gasteiger partial charge is 0.491 e. The van der Waals surface area contributed by atoms with Crippen molar-refractivity contribution < 1.29 is 73.8 Å². The Morgan fingerprint density at radius 3 is 2.44 bits per heavy atom. The quantitative estimate of drug-likeness (QED) is 0.499. The number of benzene rings is 1. The summed E-state index contributed by atoms with van der Waals surface area (Å²) in [7, 11) is 0. The molecule has 7 heteroatoms. The van der Waals surface area contributed by atoms with Gasteiger partial charge in [-0.3, -0.25) is 0 Å². The van der Waals surface area contributed by atoms with Crippen LogP contribution in [0.2, 0.25) is 0 Å². The Bertz CT molecular complexity index is 347. The molecule has 0 saturated carbocycles. The van der Waals surface area contributed by atoms with Gasteiger partial charge in [0.15, 0.2) is 0 Å². The van der Waals surface area contributed by atoms with E-state index < -0.39 is 12.4 Å². The van der Waals surface area contributed by atoms with Crippen LogP contribution in [0.15, 0.2) is 24.3 Å². The molecule has 0 amide bonds. The molecule has 0 N–H and O–H groups in total. The Labute approximate surface area is 148 Å². The maximum atomic E-state index is 12.4. The molecule has 96 valence electrons. The molecule has 0 aliphatic heterocycles. The SMILES string of the molecule is CCCOCCOc1cccc([B-](F)(F)F)c1.[K+]. The van der Waals surface area contributed by atoms with Crippen LogP contribution in [0.3, 0.4) is 0 Å². The third-order valence-electron chi connectivity index (χ3n) is 2.08. The predicted molar refractivity (Wildman–Crippen MR) is 61.8 cm³/mol. The van der Waals surface area contributed by atoms with Crippen LogP contribution in [-0.2, 0) is 4.74 Å². The molecule has 1 rings (SSSR count). The van der Waals surface area contributed by atoms with E-state index in [2.05, 4.69) is 0 Å². The van der Waals surface area contributed by atoms with Crippen LogP contribution in [0.25, 0.3) is 0 Å². The second-order valence-corrected chi connectivity index (χ2v) is 3.61. The average molecular weight is 286 g/mol. The minimum absolute atomic E-state index is 0. The molecule has 0 atom stereocenters. The number of ether oxygens (including phenoxy) is 2. The number of hydrogen-bond acceptors (Lipinski definition) is 2. The molecule has 0 aliphatic carbocycles. The van der Waals surface area contributed by atoms with E-state index in [9.17, 15) is 12.9 Å². The van der Waals surface area contributed by atoms with Gasteiger partial charge in [0.05, 0.1) is 6.61 Å². The number of rotatable bonds is 7. The van der Waals surface area contributed by atoms with E-state index in [1.807, 2.05) is 6.92 Å². The molecule has 0 spiro atoms.